The lowest BCUT2D eigenvalue weighted by Crippen LogP contribution is -1.95. The van der Waals surface area contributed by atoms with E-state index >= 15 is 0 Å². The minimum absolute atomic E-state index is 1.02. The van der Waals surface area contributed by atoms with Crippen LogP contribution < -0.4 is 0 Å². The number of rotatable bonds is 0. The van der Waals surface area contributed by atoms with Crippen molar-refractivity contribution in [3.63, 3.8) is 0 Å². The normalized spacial score (nSPS) is 11.3. The van der Waals surface area contributed by atoms with E-state index in [0.717, 1.165) is 22.4 Å². The Bertz CT molecular complexity index is 706. The lowest BCUT2D eigenvalue weighted by atomic mass is 9.98. The Hall–Kier alpha value is -1.96. The van der Waals surface area contributed by atoms with E-state index in [1.165, 1.54) is 21.9 Å². The predicted octanol–water partition coefficient (Wildman–Crippen LogP) is 4.02. The monoisotopic (exact) mass is 236 g/mol. The van der Waals surface area contributed by atoms with E-state index in [4.69, 9.17) is 0 Å². The Morgan fingerprint density at radius 2 is 1.00 bits per heavy atom. The SMILES string of the molecule is Cc1ccc2c(C)c(C)c3ccc(C)nc3c2n1. The molecule has 90 valence electrons. The van der Waals surface area contributed by atoms with E-state index in [2.05, 4.69) is 48.1 Å². The zero-order valence-electron chi connectivity index (χ0n) is 11.2. The van der Waals surface area contributed by atoms with Gasteiger partial charge >= 0.3 is 0 Å². The van der Waals surface area contributed by atoms with Gasteiger partial charge in [-0.2, -0.15) is 0 Å². The van der Waals surface area contributed by atoms with Gasteiger partial charge in [-0.15, -0.1) is 0 Å². The number of aromatic nitrogens is 2. The third-order valence-corrected chi connectivity index (χ3v) is 3.66. The Morgan fingerprint density at radius 1 is 0.611 bits per heavy atom. The van der Waals surface area contributed by atoms with Crippen molar-refractivity contribution < 1.29 is 0 Å². The van der Waals surface area contributed by atoms with Crippen LogP contribution in [0.3, 0.4) is 0 Å². The van der Waals surface area contributed by atoms with Crippen LogP contribution in [0.25, 0.3) is 21.8 Å². The third kappa shape index (κ3) is 1.49. The summed E-state index contributed by atoms with van der Waals surface area (Å²) in [5, 5.41) is 2.42. The Morgan fingerprint density at radius 3 is 1.39 bits per heavy atom. The molecule has 0 fully saturated rings. The fourth-order valence-electron chi connectivity index (χ4n) is 2.48. The van der Waals surface area contributed by atoms with Crippen LogP contribution in [0.5, 0.6) is 0 Å². The van der Waals surface area contributed by atoms with E-state index in [1.807, 2.05) is 13.8 Å². The van der Waals surface area contributed by atoms with E-state index in [1.54, 1.807) is 0 Å². The second-order valence-corrected chi connectivity index (χ2v) is 4.95. The molecule has 0 saturated carbocycles. The molecule has 0 atom stereocenters. The van der Waals surface area contributed by atoms with Crippen LogP contribution in [0.1, 0.15) is 22.5 Å². The van der Waals surface area contributed by atoms with Crippen molar-refractivity contribution in [3.8, 4) is 0 Å². The average Bonchev–Trinajstić information content (AvgIpc) is 2.36. The van der Waals surface area contributed by atoms with Crippen molar-refractivity contribution in [2.75, 3.05) is 0 Å². The summed E-state index contributed by atoms with van der Waals surface area (Å²) in [5.41, 5.74) is 6.73. The van der Waals surface area contributed by atoms with Crippen LogP contribution in [0.15, 0.2) is 24.3 Å². The fraction of sp³-hybridized carbons (Fsp3) is 0.250. The van der Waals surface area contributed by atoms with Gasteiger partial charge in [-0.1, -0.05) is 12.1 Å². The number of fused-ring (bicyclic) bond motifs is 3. The summed E-state index contributed by atoms with van der Waals surface area (Å²) in [4.78, 5) is 9.37. The summed E-state index contributed by atoms with van der Waals surface area (Å²) in [6, 6.07) is 8.44. The third-order valence-electron chi connectivity index (χ3n) is 3.66. The van der Waals surface area contributed by atoms with Gasteiger partial charge in [0.2, 0.25) is 0 Å². The van der Waals surface area contributed by atoms with Crippen LogP contribution >= 0.6 is 0 Å². The maximum atomic E-state index is 4.68. The van der Waals surface area contributed by atoms with Gasteiger partial charge in [0.15, 0.2) is 0 Å². The minimum atomic E-state index is 1.02. The van der Waals surface area contributed by atoms with Crippen molar-refractivity contribution in [1.82, 2.24) is 9.97 Å². The van der Waals surface area contributed by atoms with E-state index in [-0.39, 0.29) is 0 Å². The van der Waals surface area contributed by atoms with Crippen LogP contribution in [-0.4, -0.2) is 9.97 Å². The van der Waals surface area contributed by atoms with Crippen molar-refractivity contribution >= 4 is 21.8 Å². The summed E-state index contributed by atoms with van der Waals surface area (Å²) in [7, 11) is 0. The number of nitrogens with zero attached hydrogens (tertiary/aromatic N) is 2. The van der Waals surface area contributed by atoms with Gasteiger partial charge in [-0.05, 0) is 51.0 Å². The Kier molecular flexibility index (Phi) is 2.34. The van der Waals surface area contributed by atoms with E-state index in [0.29, 0.717) is 0 Å². The molecule has 0 aliphatic heterocycles. The molecule has 0 unspecified atom stereocenters. The van der Waals surface area contributed by atoms with Crippen LogP contribution in [0.2, 0.25) is 0 Å². The van der Waals surface area contributed by atoms with Gasteiger partial charge in [-0.3, -0.25) is 9.97 Å². The van der Waals surface area contributed by atoms with Crippen molar-refractivity contribution in [3.05, 3.63) is 46.8 Å². The summed E-state index contributed by atoms with van der Waals surface area (Å²) in [5.74, 6) is 0. The van der Waals surface area contributed by atoms with Gasteiger partial charge in [0.05, 0.1) is 11.0 Å². The highest BCUT2D eigenvalue weighted by molar-refractivity contribution is 6.06. The summed E-state index contributed by atoms with van der Waals surface area (Å²) >= 11 is 0. The number of pyridine rings is 2. The van der Waals surface area contributed by atoms with E-state index < -0.39 is 0 Å². The molecule has 18 heavy (non-hydrogen) atoms. The molecule has 0 spiro atoms. The molecule has 3 rings (SSSR count). The molecule has 0 N–H and O–H groups in total. The van der Waals surface area contributed by atoms with Gasteiger partial charge < -0.3 is 0 Å². The first-order valence-electron chi connectivity index (χ1n) is 6.22. The highest BCUT2D eigenvalue weighted by Gasteiger charge is 2.10. The highest BCUT2D eigenvalue weighted by atomic mass is 14.8. The molecule has 0 aliphatic rings. The molecule has 0 radical (unpaired) electrons. The summed E-state index contributed by atoms with van der Waals surface area (Å²) in [6.07, 6.45) is 0. The summed E-state index contributed by atoms with van der Waals surface area (Å²) in [6.45, 7) is 8.37. The van der Waals surface area contributed by atoms with Gasteiger partial charge in [-0.25, -0.2) is 0 Å². The largest absolute Gasteiger partial charge is 0.251 e. The minimum Gasteiger partial charge on any atom is -0.251 e. The standard InChI is InChI=1S/C16H16N2/c1-9-5-7-13-11(3)12(4)14-8-6-10(2)18-16(14)15(13)17-9/h5-8H,1-4H3. The second-order valence-electron chi connectivity index (χ2n) is 4.95. The van der Waals surface area contributed by atoms with Crippen LogP contribution in [-0.2, 0) is 0 Å². The first kappa shape index (κ1) is 11.1. The number of aryl methyl sites for hydroxylation is 4. The molecule has 2 heteroatoms. The molecule has 1 aromatic carbocycles. The maximum absolute atomic E-state index is 4.68. The second kappa shape index (κ2) is 3.77. The Balaban J connectivity index is 2.64. The smallest absolute Gasteiger partial charge is 0.0970 e. The maximum Gasteiger partial charge on any atom is 0.0970 e. The number of benzene rings is 1. The lowest BCUT2D eigenvalue weighted by Gasteiger charge is -2.11. The van der Waals surface area contributed by atoms with E-state index in [9.17, 15) is 0 Å². The van der Waals surface area contributed by atoms with Gasteiger partial charge in [0.25, 0.3) is 0 Å². The highest BCUT2D eigenvalue weighted by Crippen LogP contribution is 2.30. The lowest BCUT2D eigenvalue weighted by molar-refractivity contribution is 1.22. The molecule has 2 nitrogen and oxygen atoms in total. The Labute approximate surface area is 107 Å². The topological polar surface area (TPSA) is 25.8 Å². The van der Waals surface area contributed by atoms with Crippen molar-refractivity contribution in [1.29, 1.82) is 0 Å². The molecule has 2 heterocycles. The van der Waals surface area contributed by atoms with Crippen LogP contribution in [0.4, 0.5) is 0 Å². The number of hydrogen-bond acceptors (Lipinski definition) is 2. The number of hydrogen-bond donors (Lipinski definition) is 0. The molecule has 0 saturated heterocycles. The van der Waals surface area contributed by atoms with Gasteiger partial charge in [0, 0.05) is 22.2 Å². The predicted molar refractivity (Wildman–Crippen MR) is 76.0 cm³/mol. The van der Waals surface area contributed by atoms with Crippen molar-refractivity contribution in [2.24, 2.45) is 0 Å². The molecular weight excluding hydrogens is 220 g/mol. The quantitative estimate of drug-likeness (QED) is 0.551. The molecule has 0 bridgehead atoms. The summed E-state index contributed by atoms with van der Waals surface area (Å²) < 4.78 is 0. The van der Waals surface area contributed by atoms with Gasteiger partial charge in [0.1, 0.15) is 0 Å². The zero-order chi connectivity index (χ0) is 12.9. The molecule has 0 aliphatic carbocycles. The first-order chi connectivity index (χ1) is 8.58. The molecule has 3 aromatic rings. The zero-order valence-corrected chi connectivity index (χ0v) is 11.2. The molecular formula is C16H16N2. The van der Waals surface area contributed by atoms with Crippen molar-refractivity contribution in [2.45, 2.75) is 27.7 Å². The molecule has 0 amide bonds. The first-order valence-corrected chi connectivity index (χ1v) is 6.22. The van der Waals surface area contributed by atoms with Crippen LogP contribution in [0, 0.1) is 27.7 Å². The molecule has 2 aromatic heterocycles. The fourth-order valence-corrected chi connectivity index (χ4v) is 2.48. The average molecular weight is 236 g/mol.